The number of hydrogen-bond donors (Lipinski definition) is 3. The van der Waals surface area contributed by atoms with Gasteiger partial charge in [0, 0.05) is 5.69 Å². The number of H-pyrrole nitrogens is 1. The van der Waals surface area contributed by atoms with Crippen molar-refractivity contribution in [3.8, 4) is 0 Å². The highest BCUT2D eigenvalue weighted by molar-refractivity contribution is 5.93. The maximum atomic E-state index is 12.3. The minimum Gasteiger partial charge on any atom is -0.481 e. The summed E-state index contributed by atoms with van der Waals surface area (Å²) in [6, 6.07) is 10.1. The number of benzene rings is 1. The van der Waals surface area contributed by atoms with Crippen molar-refractivity contribution in [2.24, 2.45) is 5.92 Å². The van der Waals surface area contributed by atoms with Crippen LogP contribution in [0.5, 0.6) is 0 Å². The van der Waals surface area contributed by atoms with Gasteiger partial charge < -0.3 is 10.4 Å². The summed E-state index contributed by atoms with van der Waals surface area (Å²) >= 11 is 0. The molecule has 0 aliphatic rings. The van der Waals surface area contributed by atoms with Crippen LogP contribution in [0.1, 0.15) is 41.6 Å². The standard InChI is InChI=1S/C16H19N3O3/c1-3-12-9-13(19-18-12)15(20)17-14(10(2)16(21)22)11-7-5-4-6-8-11/h4-10,14H,3H2,1-2H3,(H,17,20)(H,18,19)(H,21,22). The van der Waals surface area contributed by atoms with Gasteiger partial charge in [-0.2, -0.15) is 5.10 Å². The smallest absolute Gasteiger partial charge is 0.308 e. The van der Waals surface area contributed by atoms with Crippen molar-refractivity contribution in [2.75, 3.05) is 0 Å². The van der Waals surface area contributed by atoms with Crippen LogP contribution in [0.2, 0.25) is 0 Å². The molecule has 1 heterocycles. The molecule has 0 bridgehead atoms. The number of carbonyl (C=O) groups is 2. The minimum atomic E-state index is -0.967. The van der Waals surface area contributed by atoms with Crippen molar-refractivity contribution in [1.29, 1.82) is 0 Å². The van der Waals surface area contributed by atoms with E-state index < -0.39 is 23.8 Å². The second kappa shape index (κ2) is 6.89. The number of amides is 1. The van der Waals surface area contributed by atoms with Gasteiger partial charge in [-0.15, -0.1) is 0 Å². The van der Waals surface area contributed by atoms with E-state index in [-0.39, 0.29) is 5.69 Å². The number of carbonyl (C=O) groups excluding carboxylic acids is 1. The third kappa shape index (κ3) is 3.52. The summed E-state index contributed by atoms with van der Waals surface area (Å²) in [5.74, 6) is -2.11. The molecule has 1 aromatic carbocycles. The Bertz CT molecular complexity index is 652. The fourth-order valence-electron chi connectivity index (χ4n) is 2.17. The first kappa shape index (κ1) is 15.8. The molecule has 0 aliphatic carbocycles. The van der Waals surface area contributed by atoms with Crippen LogP contribution in [0.4, 0.5) is 0 Å². The van der Waals surface area contributed by atoms with Crippen LogP contribution < -0.4 is 5.32 Å². The molecule has 0 saturated carbocycles. The van der Waals surface area contributed by atoms with Gasteiger partial charge in [0.1, 0.15) is 5.69 Å². The first-order valence-electron chi connectivity index (χ1n) is 7.15. The maximum absolute atomic E-state index is 12.3. The Kier molecular flexibility index (Phi) is 4.93. The van der Waals surface area contributed by atoms with E-state index in [9.17, 15) is 14.7 Å². The fourth-order valence-corrected chi connectivity index (χ4v) is 2.17. The van der Waals surface area contributed by atoms with E-state index >= 15 is 0 Å². The third-order valence-electron chi connectivity index (χ3n) is 3.58. The van der Waals surface area contributed by atoms with Gasteiger partial charge in [0.2, 0.25) is 0 Å². The summed E-state index contributed by atoms with van der Waals surface area (Å²) in [6.45, 7) is 3.52. The van der Waals surface area contributed by atoms with E-state index in [1.54, 1.807) is 25.1 Å². The Morgan fingerprint density at radius 1 is 1.32 bits per heavy atom. The van der Waals surface area contributed by atoms with Gasteiger partial charge >= 0.3 is 5.97 Å². The molecule has 0 fully saturated rings. The lowest BCUT2D eigenvalue weighted by Crippen LogP contribution is -2.35. The van der Waals surface area contributed by atoms with Gasteiger partial charge in [-0.05, 0) is 25.0 Å². The van der Waals surface area contributed by atoms with Crippen LogP contribution in [0, 0.1) is 5.92 Å². The molecule has 2 unspecified atom stereocenters. The lowest BCUT2D eigenvalue weighted by Gasteiger charge is -2.22. The average Bonchev–Trinajstić information content (AvgIpc) is 3.01. The Morgan fingerprint density at radius 3 is 2.55 bits per heavy atom. The summed E-state index contributed by atoms with van der Waals surface area (Å²) in [5.41, 5.74) is 1.86. The van der Waals surface area contributed by atoms with Gasteiger partial charge in [0.15, 0.2) is 0 Å². The Morgan fingerprint density at radius 2 is 2.00 bits per heavy atom. The average molecular weight is 301 g/mol. The quantitative estimate of drug-likeness (QED) is 0.762. The first-order valence-corrected chi connectivity index (χ1v) is 7.15. The third-order valence-corrected chi connectivity index (χ3v) is 3.58. The van der Waals surface area contributed by atoms with E-state index in [4.69, 9.17) is 0 Å². The predicted molar refractivity (Wildman–Crippen MR) is 81.4 cm³/mol. The van der Waals surface area contributed by atoms with Gasteiger partial charge in [0.05, 0.1) is 12.0 Å². The number of hydrogen-bond acceptors (Lipinski definition) is 3. The number of aromatic amines is 1. The molecule has 1 amide bonds. The van der Waals surface area contributed by atoms with Crippen LogP contribution in [-0.2, 0) is 11.2 Å². The molecule has 0 aliphatic heterocycles. The van der Waals surface area contributed by atoms with E-state index in [1.165, 1.54) is 0 Å². The molecular formula is C16H19N3O3. The molecule has 1 aromatic heterocycles. The van der Waals surface area contributed by atoms with Gasteiger partial charge in [-0.3, -0.25) is 14.7 Å². The van der Waals surface area contributed by atoms with E-state index in [1.807, 2.05) is 25.1 Å². The molecule has 6 heteroatoms. The highest BCUT2D eigenvalue weighted by Gasteiger charge is 2.27. The number of aryl methyl sites for hydroxylation is 1. The Hall–Kier alpha value is -2.63. The van der Waals surface area contributed by atoms with Gasteiger partial charge in [-0.1, -0.05) is 37.3 Å². The van der Waals surface area contributed by atoms with Crippen LogP contribution >= 0.6 is 0 Å². The summed E-state index contributed by atoms with van der Waals surface area (Å²) in [4.78, 5) is 23.6. The van der Waals surface area contributed by atoms with Crippen LogP contribution in [0.15, 0.2) is 36.4 Å². The molecule has 0 saturated heterocycles. The van der Waals surface area contributed by atoms with Crippen molar-refractivity contribution in [1.82, 2.24) is 15.5 Å². The summed E-state index contributed by atoms with van der Waals surface area (Å²) < 4.78 is 0. The number of aliphatic carboxylic acids is 1. The van der Waals surface area contributed by atoms with E-state index in [0.717, 1.165) is 17.7 Å². The molecule has 6 nitrogen and oxygen atoms in total. The molecule has 0 spiro atoms. The number of aromatic nitrogens is 2. The van der Waals surface area contributed by atoms with Crippen LogP contribution in [0.3, 0.4) is 0 Å². The summed E-state index contributed by atoms with van der Waals surface area (Å²) in [7, 11) is 0. The normalized spacial score (nSPS) is 13.4. The van der Waals surface area contributed by atoms with Crippen molar-refractivity contribution in [3.05, 3.63) is 53.3 Å². The lowest BCUT2D eigenvalue weighted by atomic mass is 9.94. The number of carboxylic acid groups (broad SMARTS) is 1. The van der Waals surface area contributed by atoms with E-state index in [2.05, 4.69) is 15.5 Å². The Labute approximate surface area is 128 Å². The SMILES string of the molecule is CCc1cc(C(=O)NC(c2ccccc2)C(C)C(=O)O)n[nH]1. The maximum Gasteiger partial charge on any atom is 0.308 e. The Balaban J connectivity index is 2.22. The second-order valence-electron chi connectivity index (χ2n) is 5.12. The molecule has 2 aromatic rings. The fraction of sp³-hybridized carbons (Fsp3) is 0.312. The zero-order chi connectivity index (χ0) is 16.1. The highest BCUT2D eigenvalue weighted by Crippen LogP contribution is 2.22. The van der Waals surface area contributed by atoms with E-state index in [0.29, 0.717) is 0 Å². The van der Waals surface area contributed by atoms with Crippen molar-refractivity contribution >= 4 is 11.9 Å². The molecule has 3 N–H and O–H groups in total. The number of nitrogens with one attached hydrogen (secondary N) is 2. The first-order chi connectivity index (χ1) is 10.5. The molecule has 0 radical (unpaired) electrons. The summed E-state index contributed by atoms with van der Waals surface area (Å²) in [6.07, 6.45) is 0.744. The zero-order valence-electron chi connectivity index (χ0n) is 12.5. The predicted octanol–water partition coefficient (Wildman–Crippen LogP) is 2.16. The molecule has 22 heavy (non-hydrogen) atoms. The number of carboxylic acids is 1. The van der Waals surface area contributed by atoms with Crippen molar-refractivity contribution in [2.45, 2.75) is 26.3 Å². The van der Waals surface area contributed by atoms with Gasteiger partial charge in [-0.25, -0.2) is 0 Å². The minimum absolute atomic E-state index is 0.260. The number of nitrogens with zero attached hydrogens (tertiary/aromatic N) is 1. The number of rotatable bonds is 6. The van der Waals surface area contributed by atoms with Gasteiger partial charge in [0.25, 0.3) is 5.91 Å². The molecule has 2 atom stereocenters. The van der Waals surface area contributed by atoms with Crippen LogP contribution in [0.25, 0.3) is 0 Å². The monoisotopic (exact) mass is 301 g/mol. The topological polar surface area (TPSA) is 95.1 Å². The van der Waals surface area contributed by atoms with Crippen molar-refractivity contribution in [3.63, 3.8) is 0 Å². The summed E-state index contributed by atoms with van der Waals surface area (Å²) in [5, 5.41) is 18.8. The second-order valence-corrected chi connectivity index (χ2v) is 5.12. The molecular weight excluding hydrogens is 282 g/mol. The zero-order valence-corrected chi connectivity index (χ0v) is 12.5. The highest BCUT2D eigenvalue weighted by atomic mass is 16.4. The van der Waals surface area contributed by atoms with Crippen LogP contribution in [-0.4, -0.2) is 27.2 Å². The molecule has 2 rings (SSSR count). The van der Waals surface area contributed by atoms with Crippen molar-refractivity contribution < 1.29 is 14.7 Å². The lowest BCUT2D eigenvalue weighted by molar-refractivity contribution is -0.142. The molecule has 116 valence electrons. The largest absolute Gasteiger partial charge is 0.481 e.